The van der Waals surface area contributed by atoms with Crippen LogP contribution in [0, 0.1) is 0 Å². The Hall–Kier alpha value is -2.08. The number of anilines is 2. The van der Waals surface area contributed by atoms with Crippen LogP contribution in [0.3, 0.4) is 0 Å². The number of nitrogens with one attached hydrogen (secondary N) is 1. The van der Waals surface area contributed by atoms with E-state index in [1.54, 1.807) is 6.08 Å². The second-order valence-corrected chi connectivity index (χ2v) is 3.65. The maximum Gasteiger partial charge on any atom is 0.252 e. The Bertz CT molecular complexity index is 421. The van der Waals surface area contributed by atoms with Crippen LogP contribution in [0.1, 0.15) is 16.8 Å². The Morgan fingerprint density at radius 2 is 2.33 bits per heavy atom. The molecule has 1 rings (SSSR count). The number of carbonyl (C=O) groups excluding carboxylic acids is 1. The number of carbonyl (C=O) groups is 1. The van der Waals surface area contributed by atoms with Crippen molar-refractivity contribution in [3.05, 3.63) is 30.5 Å². The number of nitrogens with zero attached hydrogens (tertiary/aromatic N) is 1. The molecule has 5 N–H and O–H groups in total. The predicted molar refractivity (Wildman–Crippen MR) is 71.3 cm³/mol. The van der Waals surface area contributed by atoms with Gasteiger partial charge in [-0.1, -0.05) is 6.08 Å². The lowest BCUT2D eigenvalue weighted by Gasteiger charge is -2.09. The van der Waals surface area contributed by atoms with Crippen molar-refractivity contribution < 1.29 is 9.53 Å². The highest BCUT2D eigenvalue weighted by atomic mass is 16.5. The van der Waals surface area contributed by atoms with Gasteiger partial charge in [0.05, 0.1) is 30.7 Å². The molecule has 1 aromatic rings. The van der Waals surface area contributed by atoms with E-state index < -0.39 is 5.91 Å². The number of ether oxygens (including phenoxy) is 1. The van der Waals surface area contributed by atoms with Crippen LogP contribution in [-0.2, 0) is 4.74 Å². The van der Waals surface area contributed by atoms with E-state index >= 15 is 0 Å². The van der Waals surface area contributed by atoms with E-state index in [1.165, 1.54) is 12.3 Å². The average Bonchev–Trinajstić information content (AvgIpc) is 2.35. The molecule has 1 aromatic heterocycles. The number of pyridine rings is 1. The molecule has 0 radical (unpaired) electrons. The average molecular weight is 250 g/mol. The van der Waals surface area contributed by atoms with Crippen LogP contribution in [0.15, 0.2) is 24.9 Å². The van der Waals surface area contributed by atoms with Crippen LogP contribution < -0.4 is 16.8 Å². The molecule has 0 saturated carbocycles. The molecular formula is C12H18N4O2. The molecule has 1 heterocycles. The summed E-state index contributed by atoms with van der Waals surface area (Å²) in [5.41, 5.74) is 11.5. The quantitative estimate of drug-likeness (QED) is 0.467. The first kappa shape index (κ1) is 14.0. The number of hydrogen-bond acceptors (Lipinski definition) is 5. The summed E-state index contributed by atoms with van der Waals surface area (Å²) in [7, 11) is 0. The summed E-state index contributed by atoms with van der Waals surface area (Å²) in [4.78, 5) is 15.2. The lowest BCUT2D eigenvalue weighted by atomic mass is 10.2. The minimum Gasteiger partial charge on any atom is -0.397 e. The molecule has 0 aliphatic heterocycles. The summed E-state index contributed by atoms with van der Waals surface area (Å²) in [5.74, 6) is -0.145. The van der Waals surface area contributed by atoms with Crippen molar-refractivity contribution in [3.63, 3.8) is 0 Å². The molecule has 0 atom stereocenters. The van der Waals surface area contributed by atoms with E-state index in [4.69, 9.17) is 16.2 Å². The van der Waals surface area contributed by atoms with Gasteiger partial charge < -0.3 is 21.5 Å². The summed E-state index contributed by atoms with van der Waals surface area (Å²) in [6.07, 6.45) is 4.07. The summed E-state index contributed by atoms with van der Waals surface area (Å²) < 4.78 is 5.32. The van der Waals surface area contributed by atoms with Crippen LogP contribution in [-0.4, -0.2) is 30.6 Å². The molecule has 0 saturated heterocycles. The van der Waals surface area contributed by atoms with E-state index in [1.807, 2.05) is 0 Å². The van der Waals surface area contributed by atoms with Crippen molar-refractivity contribution in [2.45, 2.75) is 6.42 Å². The van der Waals surface area contributed by atoms with Gasteiger partial charge in [0.1, 0.15) is 5.82 Å². The van der Waals surface area contributed by atoms with Crippen LogP contribution in [0.2, 0.25) is 0 Å². The van der Waals surface area contributed by atoms with Crippen molar-refractivity contribution in [1.82, 2.24) is 4.98 Å². The summed E-state index contributed by atoms with van der Waals surface area (Å²) >= 11 is 0. The highest BCUT2D eigenvalue weighted by Gasteiger charge is 2.09. The number of aromatic nitrogens is 1. The van der Waals surface area contributed by atoms with Crippen LogP contribution in [0.5, 0.6) is 0 Å². The zero-order valence-electron chi connectivity index (χ0n) is 10.2. The fourth-order valence-electron chi connectivity index (χ4n) is 1.32. The third-order valence-electron chi connectivity index (χ3n) is 2.18. The van der Waals surface area contributed by atoms with Gasteiger partial charge in [0.2, 0.25) is 0 Å². The molecule has 0 unspecified atom stereocenters. The van der Waals surface area contributed by atoms with Crippen LogP contribution >= 0.6 is 0 Å². The summed E-state index contributed by atoms with van der Waals surface area (Å²) in [6, 6.07) is 1.50. The Balaban J connectivity index is 2.46. The van der Waals surface area contributed by atoms with E-state index in [0.717, 1.165) is 6.42 Å². The lowest BCUT2D eigenvalue weighted by molar-refractivity contribution is 0.100. The highest BCUT2D eigenvalue weighted by molar-refractivity contribution is 5.98. The van der Waals surface area contributed by atoms with Gasteiger partial charge in [-0.05, 0) is 12.5 Å². The zero-order valence-corrected chi connectivity index (χ0v) is 10.2. The number of hydrogen-bond donors (Lipinski definition) is 3. The number of nitrogens with two attached hydrogens (primary N) is 2. The van der Waals surface area contributed by atoms with Gasteiger partial charge in [0.25, 0.3) is 5.91 Å². The molecule has 0 aliphatic rings. The Labute approximate surface area is 106 Å². The molecule has 18 heavy (non-hydrogen) atoms. The number of amides is 1. The van der Waals surface area contributed by atoms with Crippen LogP contribution in [0.4, 0.5) is 11.5 Å². The van der Waals surface area contributed by atoms with Crippen molar-refractivity contribution in [2.24, 2.45) is 5.73 Å². The minimum atomic E-state index is -0.565. The largest absolute Gasteiger partial charge is 0.397 e. The molecule has 1 amide bonds. The number of rotatable bonds is 8. The van der Waals surface area contributed by atoms with E-state index in [9.17, 15) is 4.79 Å². The van der Waals surface area contributed by atoms with Crippen LogP contribution in [0.25, 0.3) is 0 Å². The molecule has 6 heteroatoms. The Morgan fingerprint density at radius 3 is 3.00 bits per heavy atom. The van der Waals surface area contributed by atoms with Crippen molar-refractivity contribution in [1.29, 1.82) is 0 Å². The SMILES string of the molecule is C=CCCOCCNc1ncc(N)cc1C(N)=O. The third-order valence-corrected chi connectivity index (χ3v) is 2.18. The van der Waals surface area contributed by atoms with Gasteiger partial charge in [-0.3, -0.25) is 4.79 Å². The van der Waals surface area contributed by atoms with E-state index in [0.29, 0.717) is 31.3 Å². The number of primary amides is 1. The fourth-order valence-corrected chi connectivity index (χ4v) is 1.32. The minimum absolute atomic E-state index is 0.279. The Morgan fingerprint density at radius 1 is 1.56 bits per heavy atom. The fraction of sp³-hybridized carbons (Fsp3) is 0.333. The molecule has 0 aromatic carbocycles. The second kappa shape index (κ2) is 7.29. The van der Waals surface area contributed by atoms with Gasteiger partial charge >= 0.3 is 0 Å². The summed E-state index contributed by atoms with van der Waals surface area (Å²) in [5, 5.41) is 2.98. The molecule has 0 spiro atoms. The summed E-state index contributed by atoms with van der Waals surface area (Å²) in [6.45, 7) is 5.27. The maximum absolute atomic E-state index is 11.2. The standard InChI is InChI=1S/C12H18N4O2/c1-2-3-5-18-6-4-15-12-10(11(14)17)7-9(13)8-16-12/h2,7-8H,1,3-6,13H2,(H2,14,17)(H,15,16). The molecular weight excluding hydrogens is 232 g/mol. The first-order chi connectivity index (χ1) is 8.65. The maximum atomic E-state index is 11.2. The molecule has 98 valence electrons. The van der Waals surface area contributed by atoms with Crippen molar-refractivity contribution in [3.8, 4) is 0 Å². The Kier molecular flexibility index (Phi) is 5.66. The van der Waals surface area contributed by atoms with Gasteiger partial charge in [-0.25, -0.2) is 4.98 Å². The lowest BCUT2D eigenvalue weighted by Crippen LogP contribution is -2.18. The predicted octanol–water partition coefficient (Wildman–Crippen LogP) is 0.767. The van der Waals surface area contributed by atoms with Gasteiger partial charge in [-0.2, -0.15) is 0 Å². The molecule has 6 nitrogen and oxygen atoms in total. The molecule has 0 aliphatic carbocycles. The topological polar surface area (TPSA) is 103 Å². The molecule has 0 fully saturated rings. The normalized spacial score (nSPS) is 10.0. The first-order valence-electron chi connectivity index (χ1n) is 5.63. The second-order valence-electron chi connectivity index (χ2n) is 3.65. The van der Waals surface area contributed by atoms with Gasteiger partial charge in [0.15, 0.2) is 0 Å². The van der Waals surface area contributed by atoms with E-state index in [-0.39, 0.29) is 5.56 Å². The molecule has 0 bridgehead atoms. The third kappa shape index (κ3) is 4.42. The number of nitrogen functional groups attached to an aromatic ring is 1. The first-order valence-corrected chi connectivity index (χ1v) is 5.63. The van der Waals surface area contributed by atoms with Gasteiger partial charge in [-0.15, -0.1) is 6.58 Å². The van der Waals surface area contributed by atoms with E-state index in [2.05, 4.69) is 16.9 Å². The van der Waals surface area contributed by atoms with Crippen molar-refractivity contribution >= 4 is 17.4 Å². The zero-order chi connectivity index (χ0) is 13.4. The monoisotopic (exact) mass is 250 g/mol. The highest BCUT2D eigenvalue weighted by Crippen LogP contribution is 2.14. The van der Waals surface area contributed by atoms with Gasteiger partial charge in [0, 0.05) is 6.54 Å². The van der Waals surface area contributed by atoms with Crippen molar-refractivity contribution in [2.75, 3.05) is 30.8 Å². The smallest absolute Gasteiger partial charge is 0.252 e.